The number of nitrogens with zero attached hydrogens (tertiary/aromatic N) is 1. The summed E-state index contributed by atoms with van der Waals surface area (Å²) in [6.07, 6.45) is 10.1. The molecule has 1 atom stereocenters. The fourth-order valence-corrected chi connectivity index (χ4v) is 4.87. The van der Waals surface area contributed by atoms with Crippen LogP contribution in [0.3, 0.4) is 0 Å². The van der Waals surface area contributed by atoms with E-state index in [-0.39, 0.29) is 23.7 Å². The molecule has 2 saturated carbocycles. The minimum atomic E-state index is 0.0153. The molecule has 4 rings (SSSR count). The van der Waals surface area contributed by atoms with Crippen LogP contribution < -0.4 is 5.32 Å². The third-order valence-electron chi connectivity index (χ3n) is 6.60. The summed E-state index contributed by atoms with van der Waals surface area (Å²) in [5.41, 5.74) is 1.73. The molecule has 150 valence electrons. The average Bonchev–Trinajstić information content (AvgIpc) is 3.49. The van der Waals surface area contributed by atoms with Gasteiger partial charge in [-0.25, -0.2) is 0 Å². The number of halogens is 1. The van der Waals surface area contributed by atoms with E-state index < -0.39 is 0 Å². The Hall–Kier alpha value is -1.81. The lowest BCUT2D eigenvalue weighted by Crippen LogP contribution is -2.40. The maximum atomic E-state index is 13.0. The molecule has 0 aromatic heterocycles. The third kappa shape index (κ3) is 4.27. The molecule has 2 amide bonds. The van der Waals surface area contributed by atoms with Crippen LogP contribution in [0, 0.1) is 17.8 Å². The Morgan fingerprint density at radius 2 is 1.93 bits per heavy atom. The zero-order valence-electron chi connectivity index (χ0n) is 16.3. The van der Waals surface area contributed by atoms with Crippen LogP contribution in [0.1, 0.15) is 50.5 Å². The number of likely N-dealkylation sites (tertiary alicyclic amines) is 1. The van der Waals surface area contributed by atoms with Crippen molar-refractivity contribution in [2.24, 2.45) is 17.8 Å². The van der Waals surface area contributed by atoms with Gasteiger partial charge in [0.2, 0.25) is 11.8 Å². The molecule has 0 radical (unpaired) electrons. The number of carbonyl (C=O) groups is 2. The predicted molar refractivity (Wildman–Crippen MR) is 112 cm³/mol. The third-order valence-corrected chi connectivity index (χ3v) is 6.95. The molecule has 1 heterocycles. The second-order valence-corrected chi connectivity index (χ2v) is 9.00. The molecule has 28 heavy (non-hydrogen) atoms. The standard InChI is InChI=1S/C23H29ClN2O2/c1-2-15-3-9-20(10-4-15)26-12-11-18(23(26)28)13-17-7-8-19(14-21(17)24)25-22(27)16-5-6-16/h2,7-8,14-16,18,20H,1,3-6,9-13H2,(H,25,27). The topological polar surface area (TPSA) is 49.4 Å². The van der Waals surface area contributed by atoms with Gasteiger partial charge >= 0.3 is 0 Å². The lowest BCUT2D eigenvalue weighted by Gasteiger charge is -2.34. The molecule has 1 unspecified atom stereocenters. The molecule has 1 N–H and O–H groups in total. The number of hydrogen-bond donors (Lipinski definition) is 1. The number of benzene rings is 1. The SMILES string of the molecule is C=CC1CCC(N2CCC(Cc3ccc(NC(=O)C4CC4)cc3Cl)C2=O)CC1. The van der Waals surface area contributed by atoms with Gasteiger partial charge in [0.05, 0.1) is 0 Å². The fraction of sp³-hybridized carbons (Fsp3) is 0.565. The summed E-state index contributed by atoms with van der Waals surface area (Å²) in [6.45, 7) is 4.77. The molecule has 4 nitrogen and oxygen atoms in total. The first-order valence-corrected chi connectivity index (χ1v) is 10.9. The van der Waals surface area contributed by atoms with Crippen molar-refractivity contribution in [1.82, 2.24) is 4.90 Å². The van der Waals surface area contributed by atoms with Gasteiger partial charge in [0.25, 0.3) is 0 Å². The average molecular weight is 401 g/mol. The number of amides is 2. The summed E-state index contributed by atoms with van der Waals surface area (Å²) in [4.78, 5) is 27.0. The lowest BCUT2D eigenvalue weighted by atomic mass is 9.85. The van der Waals surface area contributed by atoms with Crippen LogP contribution in [0.25, 0.3) is 0 Å². The van der Waals surface area contributed by atoms with E-state index >= 15 is 0 Å². The van der Waals surface area contributed by atoms with Crippen LogP contribution in [-0.2, 0) is 16.0 Å². The van der Waals surface area contributed by atoms with E-state index in [1.54, 1.807) is 0 Å². The second kappa shape index (κ2) is 8.28. The molecule has 0 spiro atoms. The van der Waals surface area contributed by atoms with Crippen LogP contribution >= 0.6 is 11.6 Å². The molecule has 1 saturated heterocycles. The summed E-state index contributed by atoms with van der Waals surface area (Å²) in [5, 5.41) is 3.56. The molecular formula is C23H29ClN2O2. The van der Waals surface area contributed by atoms with Crippen LogP contribution in [0.5, 0.6) is 0 Å². The number of hydrogen-bond acceptors (Lipinski definition) is 2. The number of allylic oxidation sites excluding steroid dienone is 1. The molecule has 2 aliphatic carbocycles. The minimum absolute atomic E-state index is 0.0153. The fourth-order valence-electron chi connectivity index (χ4n) is 4.61. The minimum Gasteiger partial charge on any atom is -0.339 e. The summed E-state index contributed by atoms with van der Waals surface area (Å²) in [6, 6.07) is 6.06. The number of nitrogens with one attached hydrogen (secondary N) is 1. The van der Waals surface area contributed by atoms with Crippen molar-refractivity contribution in [2.75, 3.05) is 11.9 Å². The highest BCUT2D eigenvalue weighted by Gasteiger charge is 2.37. The van der Waals surface area contributed by atoms with Crippen molar-refractivity contribution in [1.29, 1.82) is 0 Å². The van der Waals surface area contributed by atoms with Gasteiger partial charge in [-0.15, -0.1) is 6.58 Å². The zero-order valence-corrected chi connectivity index (χ0v) is 17.1. The summed E-state index contributed by atoms with van der Waals surface area (Å²) in [5.74, 6) is 1.16. The van der Waals surface area contributed by atoms with Crippen LogP contribution in [0.2, 0.25) is 5.02 Å². The number of rotatable bonds is 6. The molecule has 3 aliphatic rings. The molecule has 1 aromatic rings. The van der Waals surface area contributed by atoms with Gasteiger partial charge in [-0.1, -0.05) is 23.7 Å². The Morgan fingerprint density at radius 1 is 1.18 bits per heavy atom. The first-order valence-electron chi connectivity index (χ1n) is 10.6. The predicted octanol–water partition coefficient (Wildman–Crippen LogP) is 4.82. The van der Waals surface area contributed by atoms with E-state index in [9.17, 15) is 9.59 Å². The molecule has 1 aliphatic heterocycles. The van der Waals surface area contributed by atoms with Crippen LogP contribution in [-0.4, -0.2) is 29.3 Å². The highest BCUT2D eigenvalue weighted by atomic mass is 35.5. The van der Waals surface area contributed by atoms with Crippen LogP contribution in [0.4, 0.5) is 5.69 Å². The summed E-state index contributed by atoms with van der Waals surface area (Å²) in [7, 11) is 0. The Bertz CT molecular complexity index is 766. The van der Waals surface area contributed by atoms with Gasteiger partial charge in [-0.3, -0.25) is 9.59 Å². The molecular weight excluding hydrogens is 372 g/mol. The van der Waals surface area contributed by atoms with Crippen LogP contribution in [0.15, 0.2) is 30.9 Å². The first kappa shape index (κ1) is 19.5. The Labute approximate surface area is 172 Å². The summed E-state index contributed by atoms with van der Waals surface area (Å²) >= 11 is 6.47. The second-order valence-electron chi connectivity index (χ2n) is 8.60. The van der Waals surface area contributed by atoms with Gasteiger partial charge in [0, 0.05) is 35.1 Å². The van der Waals surface area contributed by atoms with Crippen molar-refractivity contribution in [2.45, 2.75) is 57.4 Å². The normalized spacial score (nSPS) is 27.7. The van der Waals surface area contributed by atoms with E-state index in [1.807, 2.05) is 18.2 Å². The zero-order chi connectivity index (χ0) is 19.7. The molecule has 1 aromatic carbocycles. The smallest absolute Gasteiger partial charge is 0.227 e. The first-order chi connectivity index (χ1) is 13.5. The number of anilines is 1. The van der Waals surface area contributed by atoms with Gasteiger partial charge in [0.15, 0.2) is 0 Å². The molecule has 0 bridgehead atoms. The van der Waals surface area contributed by atoms with E-state index in [0.29, 0.717) is 23.4 Å². The van der Waals surface area contributed by atoms with Gasteiger partial charge in [-0.05, 0) is 75.0 Å². The highest BCUT2D eigenvalue weighted by molar-refractivity contribution is 6.31. The van der Waals surface area contributed by atoms with Crippen molar-refractivity contribution in [3.8, 4) is 0 Å². The van der Waals surface area contributed by atoms with Gasteiger partial charge < -0.3 is 10.2 Å². The van der Waals surface area contributed by atoms with E-state index in [0.717, 1.165) is 62.7 Å². The maximum absolute atomic E-state index is 13.0. The maximum Gasteiger partial charge on any atom is 0.227 e. The monoisotopic (exact) mass is 400 g/mol. The summed E-state index contributed by atoms with van der Waals surface area (Å²) < 4.78 is 0. The van der Waals surface area contributed by atoms with E-state index in [4.69, 9.17) is 11.6 Å². The van der Waals surface area contributed by atoms with Gasteiger partial charge in [0.1, 0.15) is 0 Å². The Kier molecular flexibility index (Phi) is 5.77. The van der Waals surface area contributed by atoms with E-state index in [1.165, 1.54) is 0 Å². The van der Waals surface area contributed by atoms with E-state index in [2.05, 4.69) is 22.9 Å². The van der Waals surface area contributed by atoms with Crippen molar-refractivity contribution >= 4 is 29.1 Å². The van der Waals surface area contributed by atoms with Crippen molar-refractivity contribution < 1.29 is 9.59 Å². The largest absolute Gasteiger partial charge is 0.339 e. The molecule has 5 heteroatoms. The quantitative estimate of drug-likeness (QED) is 0.695. The van der Waals surface area contributed by atoms with Crippen molar-refractivity contribution in [3.63, 3.8) is 0 Å². The Morgan fingerprint density at radius 3 is 2.57 bits per heavy atom. The van der Waals surface area contributed by atoms with Crippen molar-refractivity contribution in [3.05, 3.63) is 41.4 Å². The van der Waals surface area contributed by atoms with Gasteiger partial charge in [-0.2, -0.15) is 0 Å². The number of carbonyl (C=O) groups excluding carboxylic acids is 2. The Balaban J connectivity index is 1.34. The highest BCUT2D eigenvalue weighted by Crippen LogP contribution is 2.34. The molecule has 3 fully saturated rings. The lowest BCUT2D eigenvalue weighted by molar-refractivity contribution is -0.133.